The number of halogens is 1. The van der Waals surface area contributed by atoms with E-state index in [-0.39, 0.29) is 17.8 Å². The highest BCUT2D eigenvalue weighted by Crippen LogP contribution is 2.27. The number of aliphatic imine (C=N–C) groups is 1. The Morgan fingerprint density at radius 1 is 1.19 bits per heavy atom. The molecule has 0 radical (unpaired) electrons. The zero-order valence-corrected chi connectivity index (χ0v) is 19.1. The first-order valence-electron chi connectivity index (χ1n) is 12.0. The van der Waals surface area contributed by atoms with E-state index < -0.39 is 0 Å². The molecule has 176 valence electrons. The summed E-state index contributed by atoms with van der Waals surface area (Å²) in [4.78, 5) is 27.6. The lowest BCUT2D eigenvalue weighted by atomic mass is 10.1. The molecule has 1 unspecified atom stereocenters. The summed E-state index contributed by atoms with van der Waals surface area (Å²) in [6.45, 7) is 6.72. The van der Waals surface area contributed by atoms with Crippen molar-refractivity contribution in [3.05, 3.63) is 24.1 Å². The number of pyridine rings is 1. The van der Waals surface area contributed by atoms with Crippen LogP contribution in [0.3, 0.4) is 0 Å². The smallest absolute Gasteiger partial charge is 0.225 e. The SMILES string of the molecule is CN=C(NCCN1CCN(C(=O)C2CCCC2)CC1)NC1CCN(c2ncccc2F)C1. The Kier molecular flexibility index (Phi) is 7.78. The van der Waals surface area contributed by atoms with Gasteiger partial charge in [0.05, 0.1) is 0 Å². The number of amides is 1. The Hall–Kier alpha value is -2.42. The van der Waals surface area contributed by atoms with Crippen LogP contribution in [0.2, 0.25) is 0 Å². The van der Waals surface area contributed by atoms with E-state index >= 15 is 0 Å². The summed E-state index contributed by atoms with van der Waals surface area (Å²) >= 11 is 0. The van der Waals surface area contributed by atoms with Crippen LogP contribution in [0.5, 0.6) is 0 Å². The van der Waals surface area contributed by atoms with Gasteiger partial charge in [-0.1, -0.05) is 12.8 Å². The third-order valence-corrected chi connectivity index (χ3v) is 6.90. The van der Waals surface area contributed by atoms with E-state index in [0.29, 0.717) is 18.3 Å². The van der Waals surface area contributed by atoms with Crippen molar-refractivity contribution in [2.75, 3.05) is 64.3 Å². The molecule has 0 aromatic carbocycles. The number of guanidine groups is 1. The van der Waals surface area contributed by atoms with Gasteiger partial charge in [0, 0.05) is 77.6 Å². The number of aromatic nitrogens is 1. The van der Waals surface area contributed by atoms with Crippen LogP contribution in [-0.2, 0) is 4.79 Å². The van der Waals surface area contributed by atoms with E-state index in [2.05, 4.69) is 30.4 Å². The number of piperazine rings is 1. The maximum absolute atomic E-state index is 14.0. The Bertz CT molecular complexity index is 790. The number of anilines is 1. The monoisotopic (exact) mass is 445 g/mol. The van der Waals surface area contributed by atoms with Crippen molar-refractivity contribution in [1.82, 2.24) is 25.4 Å². The largest absolute Gasteiger partial charge is 0.355 e. The van der Waals surface area contributed by atoms with Gasteiger partial charge < -0.3 is 20.4 Å². The maximum Gasteiger partial charge on any atom is 0.225 e. The normalized spacial score (nSPS) is 23.1. The Morgan fingerprint density at radius 3 is 2.69 bits per heavy atom. The van der Waals surface area contributed by atoms with Crippen LogP contribution < -0.4 is 15.5 Å². The second-order valence-electron chi connectivity index (χ2n) is 9.03. The van der Waals surface area contributed by atoms with Gasteiger partial charge >= 0.3 is 0 Å². The minimum Gasteiger partial charge on any atom is -0.355 e. The topological polar surface area (TPSA) is 76.1 Å². The molecule has 1 aliphatic carbocycles. The first-order chi connectivity index (χ1) is 15.6. The van der Waals surface area contributed by atoms with Crippen LogP contribution in [0.4, 0.5) is 10.2 Å². The molecule has 1 amide bonds. The molecule has 1 atom stereocenters. The van der Waals surface area contributed by atoms with Crippen LogP contribution in [-0.4, -0.2) is 92.1 Å². The highest BCUT2D eigenvalue weighted by Gasteiger charge is 2.29. The molecule has 1 aromatic rings. The molecule has 3 fully saturated rings. The third-order valence-electron chi connectivity index (χ3n) is 6.90. The second-order valence-corrected chi connectivity index (χ2v) is 9.03. The minimum atomic E-state index is -0.277. The van der Waals surface area contributed by atoms with Crippen LogP contribution in [0.15, 0.2) is 23.3 Å². The van der Waals surface area contributed by atoms with E-state index in [1.165, 1.54) is 18.9 Å². The van der Waals surface area contributed by atoms with Gasteiger partial charge in [0.2, 0.25) is 5.91 Å². The van der Waals surface area contributed by atoms with Gasteiger partial charge in [-0.25, -0.2) is 9.37 Å². The average molecular weight is 446 g/mol. The zero-order chi connectivity index (χ0) is 22.3. The van der Waals surface area contributed by atoms with Crippen molar-refractivity contribution in [1.29, 1.82) is 0 Å². The lowest BCUT2D eigenvalue weighted by Gasteiger charge is -2.36. The number of hydrogen-bond donors (Lipinski definition) is 2. The van der Waals surface area contributed by atoms with Gasteiger partial charge in [0.25, 0.3) is 0 Å². The van der Waals surface area contributed by atoms with E-state index in [1.807, 2.05) is 4.90 Å². The lowest BCUT2D eigenvalue weighted by molar-refractivity contribution is -0.137. The molecule has 2 aliphatic heterocycles. The van der Waals surface area contributed by atoms with Crippen LogP contribution in [0.25, 0.3) is 0 Å². The van der Waals surface area contributed by atoms with Crippen molar-refractivity contribution < 1.29 is 9.18 Å². The number of nitrogens with zero attached hydrogens (tertiary/aromatic N) is 5. The number of carbonyl (C=O) groups is 1. The molecule has 2 N–H and O–H groups in total. The van der Waals surface area contributed by atoms with E-state index in [1.54, 1.807) is 19.3 Å². The summed E-state index contributed by atoms with van der Waals surface area (Å²) in [6.07, 6.45) is 7.10. The second kappa shape index (κ2) is 10.9. The van der Waals surface area contributed by atoms with Crippen molar-refractivity contribution in [2.24, 2.45) is 10.9 Å². The summed E-state index contributed by atoms with van der Waals surface area (Å²) in [6, 6.07) is 3.27. The molecule has 3 heterocycles. The molecule has 8 nitrogen and oxygen atoms in total. The molecule has 1 aromatic heterocycles. The summed E-state index contributed by atoms with van der Waals surface area (Å²) in [7, 11) is 1.77. The maximum atomic E-state index is 14.0. The van der Waals surface area contributed by atoms with Gasteiger partial charge in [0.15, 0.2) is 17.6 Å². The number of hydrogen-bond acceptors (Lipinski definition) is 5. The van der Waals surface area contributed by atoms with E-state index in [0.717, 1.165) is 71.0 Å². The fraction of sp³-hybridized carbons (Fsp3) is 0.696. The molecule has 0 spiro atoms. The highest BCUT2D eigenvalue weighted by molar-refractivity contribution is 5.80. The summed E-state index contributed by atoms with van der Waals surface area (Å²) in [5, 5.41) is 6.85. The average Bonchev–Trinajstić information content (AvgIpc) is 3.51. The highest BCUT2D eigenvalue weighted by atomic mass is 19.1. The van der Waals surface area contributed by atoms with Crippen molar-refractivity contribution in [2.45, 2.75) is 38.1 Å². The van der Waals surface area contributed by atoms with Gasteiger partial charge in [-0.3, -0.25) is 14.7 Å². The fourth-order valence-electron chi connectivity index (χ4n) is 5.02. The molecule has 32 heavy (non-hydrogen) atoms. The predicted octanol–water partition coefficient (Wildman–Crippen LogP) is 1.30. The lowest BCUT2D eigenvalue weighted by Crippen LogP contribution is -2.52. The molecule has 3 aliphatic rings. The third kappa shape index (κ3) is 5.68. The van der Waals surface area contributed by atoms with Crippen LogP contribution >= 0.6 is 0 Å². The van der Waals surface area contributed by atoms with Crippen molar-refractivity contribution in [3.63, 3.8) is 0 Å². The van der Waals surface area contributed by atoms with E-state index in [4.69, 9.17) is 0 Å². The molecule has 9 heteroatoms. The predicted molar refractivity (Wildman–Crippen MR) is 124 cm³/mol. The van der Waals surface area contributed by atoms with Crippen LogP contribution in [0, 0.1) is 11.7 Å². The molecule has 0 bridgehead atoms. The van der Waals surface area contributed by atoms with Gasteiger partial charge in [0.1, 0.15) is 0 Å². The van der Waals surface area contributed by atoms with Gasteiger partial charge in [-0.15, -0.1) is 0 Å². The first-order valence-corrected chi connectivity index (χ1v) is 12.0. The first kappa shape index (κ1) is 22.8. The Labute approximate surface area is 190 Å². The molecule has 2 saturated heterocycles. The van der Waals surface area contributed by atoms with Crippen LogP contribution in [0.1, 0.15) is 32.1 Å². The van der Waals surface area contributed by atoms with Gasteiger partial charge in [-0.2, -0.15) is 0 Å². The fourth-order valence-corrected chi connectivity index (χ4v) is 5.02. The molecular formula is C23H36FN7O. The van der Waals surface area contributed by atoms with Crippen molar-refractivity contribution >= 4 is 17.7 Å². The minimum absolute atomic E-state index is 0.202. The van der Waals surface area contributed by atoms with Gasteiger partial charge in [-0.05, 0) is 31.4 Å². The summed E-state index contributed by atoms with van der Waals surface area (Å²) in [5.41, 5.74) is 0. The standard InChI is InChI=1S/C23H36FN7O/c1-25-23(28-19-8-11-31(17-19)21-20(24)7-4-9-26-21)27-10-12-29-13-15-30(16-14-29)22(32)18-5-2-3-6-18/h4,7,9,18-19H,2-3,5-6,8,10-17H2,1H3,(H2,25,27,28). The zero-order valence-electron chi connectivity index (χ0n) is 19.1. The number of rotatable bonds is 6. The molecule has 1 saturated carbocycles. The summed E-state index contributed by atoms with van der Waals surface area (Å²) < 4.78 is 14.0. The Balaban J connectivity index is 1.14. The number of carbonyl (C=O) groups excluding carboxylic acids is 1. The summed E-state index contributed by atoms with van der Waals surface area (Å²) in [5.74, 6) is 1.57. The van der Waals surface area contributed by atoms with Crippen molar-refractivity contribution in [3.8, 4) is 0 Å². The quantitative estimate of drug-likeness (QED) is 0.508. The Morgan fingerprint density at radius 2 is 1.97 bits per heavy atom. The molecule has 4 rings (SSSR count). The van der Waals surface area contributed by atoms with E-state index in [9.17, 15) is 9.18 Å². The number of nitrogens with one attached hydrogen (secondary N) is 2. The molecular weight excluding hydrogens is 409 g/mol.